The van der Waals surface area contributed by atoms with E-state index in [4.69, 9.17) is 14.2 Å². The minimum atomic E-state index is -0.352. The van der Waals surface area contributed by atoms with Gasteiger partial charge >= 0.3 is 0 Å². The predicted molar refractivity (Wildman–Crippen MR) is 104 cm³/mol. The van der Waals surface area contributed by atoms with Gasteiger partial charge in [-0.1, -0.05) is 24.3 Å². The van der Waals surface area contributed by atoms with Crippen LogP contribution in [0, 0.1) is 5.82 Å². The van der Waals surface area contributed by atoms with Crippen molar-refractivity contribution >= 4 is 0 Å². The second-order valence-corrected chi connectivity index (χ2v) is 7.09. The van der Waals surface area contributed by atoms with Gasteiger partial charge in [-0.15, -0.1) is 0 Å². The number of benzene rings is 2. The number of ether oxygens (including phenoxy) is 3. The van der Waals surface area contributed by atoms with E-state index in [2.05, 4.69) is 17.1 Å². The molecule has 5 rings (SSSR count). The van der Waals surface area contributed by atoms with Crippen molar-refractivity contribution in [2.24, 2.45) is 0 Å². The van der Waals surface area contributed by atoms with Crippen LogP contribution in [0.5, 0.6) is 17.4 Å². The molecule has 0 N–H and O–H groups in total. The number of hydrogen-bond acceptors (Lipinski definition) is 4. The molecular formula is C23H20FNO3. The largest absolute Gasteiger partial charge is 0.493 e. The zero-order valence-electron chi connectivity index (χ0n) is 15.6. The molecule has 0 fully saturated rings. The van der Waals surface area contributed by atoms with Crippen LogP contribution in [0.2, 0.25) is 0 Å². The third kappa shape index (κ3) is 2.87. The third-order valence-corrected chi connectivity index (χ3v) is 5.49. The fraction of sp³-hybridized carbons (Fsp3) is 0.261. The number of fused-ring (bicyclic) bond motifs is 2. The van der Waals surface area contributed by atoms with E-state index in [1.165, 1.54) is 18.9 Å². The highest BCUT2D eigenvalue weighted by Crippen LogP contribution is 2.42. The Balaban J connectivity index is 1.48. The molecule has 0 spiro atoms. The van der Waals surface area contributed by atoms with Crippen LogP contribution in [0.4, 0.5) is 4.39 Å². The van der Waals surface area contributed by atoms with Gasteiger partial charge in [0.25, 0.3) is 0 Å². The molecule has 1 aliphatic heterocycles. The molecule has 0 bridgehead atoms. The van der Waals surface area contributed by atoms with Crippen molar-refractivity contribution < 1.29 is 18.6 Å². The molecule has 28 heavy (non-hydrogen) atoms. The van der Waals surface area contributed by atoms with E-state index in [1.54, 1.807) is 6.07 Å². The van der Waals surface area contributed by atoms with E-state index in [-0.39, 0.29) is 11.9 Å². The summed E-state index contributed by atoms with van der Waals surface area (Å²) in [5, 5.41) is 0. The van der Waals surface area contributed by atoms with Crippen LogP contribution in [0.15, 0.2) is 48.7 Å². The molecule has 142 valence electrons. The molecule has 3 aromatic rings. The summed E-state index contributed by atoms with van der Waals surface area (Å²) in [6, 6.07) is 13.7. The summed E-state index contributed by atoms with van der Waals surface area (Å²) >= 11 is 0. The summed E-state index contributed by atoms with van der Waals surface area (Å²) in [4.78, 5) is 3.94. The molecule has 1 atom stereocenters. The molecule has 5 heteroatoms. The molecule has 0 saturated carbocycles. The number of methoxy groups -OCH3 is 1. The Hall–Kier alpha value is -3.08. The highest BCUT2D eigenvalue weighted by molar-refractivity contribution is 5.71. The minimum Gasteiger partial charge on any atom is -0.493 e. The molecule has 1 unspecified atom stereocenters. The first-order valence-electron chi connectivity index (χ1n) is 9.47. The zero-order valence-corrected chi connectivity index (χ0v) is 15.6. The summed E-state index contributed by atoms with van der Waals surface area (Å²) in [5.74, 6) is 1.77. The normalized spacial score (nSPS) is 17.0. The zero-order chi connectivity index (χ0) is 19.1. The van der Waals surface area contributed by atoms with Crippen molar-refractivity contribution in [2.75, 3.05) is 13.7 Å². The van der Waals surface area contributed by atoms with Crippen molar-refractivity contribution in [2.45, 2.75) is 25.4 Å². The first kappa shape index (κ1) is 17.0. The summed E-state index contributed by atoms with van der Waals surface area (Å²) in [6.07, 6.45) is 3.80. The smallest absolute Gasteiger partial charge is 0.213 e. The van der Waals surface area contributed by atoms with E-state index in [0.29, 0.717) is 11.4 Å². The standard InChI is InChI=1S/C23H20FNO3/c1-26-23-12-19(20(24)13-25-23)16-3-2-4-18-17(16)7-8-21(18)28-15-6-5-14-9-10-27-22(14)11-15/h2-6,11-13,21H,7-10H2,1H3. The van der Waals surface area contributed by atoms with Crippen LogP contribution in [-0.4, -0.2) is 18.7 Å². The summed E-state index contributed by atoms with van der Waals surface area (Å²) < 4.78 is 31.6. The van der Waals surface area contributed by atoms with Crippen molar-refractivity contribution in [3.63, 3.8) is 0 Å². The molecule has 2 aromatic carbocycles. The third-order valence-electron chi connectivity index (χ3n) is 5.49. The Morgan fingerprint density at radius 3 is 2.93 bits per heavy atom. The molecule has 0 amide bonds. The number of nitrogens with zero attached hydrogens (tertiary/aromatic N) is 1. The van der Waals surface area contributed by atoms with Crippen LogP contribution < -0.4 is 14.2 Å². The van der Waals surface area contributed by atoms with Crippen LogP contribution in [0.1, 0.15) is 29.2 Å². The average molecular weight is 377 g/mol. The monoisotopic (exact) mass is 377 g/mol. The Labute approximate surface area is 162 Å². The van der Waals surface area contributed by atoms with Crippen LogP contribution >= 0.6 is 0 Å². The fourth-order valence-corrected chi connectivity index (χ4v) is 4.11. The highest BCUT2D eigenvalue weighted by atomic mass is 19.1. The Bertz CT molecular complexity index is 1050. The van der Waals surface area contributed by atoms with Gasteiger partial charge in [0.15, 0.2) is 0 Å². The average Bonchev–Trinajstić information content (AvgIpc) is 3.35. The lowest BCUT2D eigenvalue weighted by atomic mass is 9.97. The van der Waals surface area contributed by atoms with Crippen LogP contribution in [-0.2, 0) is 12.8 Å². The lowest BCUT2D eigenvalue weighted by molar-refractivity contribution is 0.207. The van der Waals surface area contributed by atoms with Gasteiger partial charge in [-0.25, -0.2) is 9.37 Å². The molecule has 4 nitrogen and oxygen atoms in total. The van der Waals surface area contributed by atoms with Gasteiger partial charge in [-0.2, -0.15) is 0 Å². The molecule has 1 aromatic heterocycles. The maximum Gasteiger partial charge on any atom is 0.213 e. The lowest BCUT2D eigenvalue weighted by Gasteiger charge is -2.16. The molecule has 0 radical (unpaired) electrons. The number of halogens is 1. The molecular weight excluding hydrogens is 357 g/mol. The Morgan fingerprint density at radius 2 is 2.04 bits per heavy atom. The van der Waals surface area contributed by atoms with Gasteiger partial charge < -0.3 is 14.2 Å². The number of pyridine rings is 1. The predicted octanol–water partition coefficient (Wildman–Crippen LogP) is 4.90. The molecule has 2 aliphatic rings. The molecule has 0 saturated heterocycles. The quantitative estimate of drug-likeness (QED) is 0.649. The first-order chi connectivity index (χ1) is 13.7. The number of rotatable bonds is 4. The SMILES string of the molecule is COc1cc(-c2cccc3c2CCC3Oc2ccc3c(c2)OCC3)c(F)cn1. The number of hydrogen-bond donors (Lipinski definition) is 0. The van der Waals surface area contributed by atoms with E-state index in [1.807, 2.05) is 24.3 Å². The summed E-state index contributed by atoms with van der Waals surface area (Å²) in [7, 11) is 1.53. The van der Waals surface area contributed by atoms with Gasteiger partial charge in [0.05, 0.1) is 19.9 Å². The van der Waals surface area contributed by atoms with Gasteiger partial charge in [-0.3, -0.25) is 0 Å². The van der Waals surface area contributed by atoms with Crippen LogP contribution in [0.3, 0.4) is 0 Å². The van der Waals surface area contributed by atoms with Crippen molar-refractivity contribution in [3.05, 3.63) is 71.2 Å². The van der Waals surface area contributed by atoms with Crippen molar-refractivity contribution in [1.82, 2.24) is 4.98 Å². The topological polar surface area (TPSA) is 40.6 Å². The second kappa shape index (κ2) is 6.82. The minimum absolute atomic E-state index is 0.0544. The van der Waals surface area contributed by atoms with Crippen molar-refractivity contribution in [3.8, 4) is 28.5 Å². The summed E-state index contributed by atoms with van der Waals surface area (Å²) in [5.41, 5.74) is 4.84. The summed E-state index contributed by atoms with van der Waals surface area (Å²) in [6.45, 7) is 0.732. The maximum atomic E-state index is 14.5. The van der Waals surface area contributed by atoms with E-state index >= 15 is 0 Å². The van der Waals surface area contributed by atoms with Gasteiger partial charge in [-0.05, 0) is 41.2 Å². The molecule has 1 aliphatic carbocycles. The van der Waals surface area contributed by atoms with Gasteiger partial charge in [0.2, 0.25) is 5.88 Å². The van der Waals surface area contributed by atoms with E-state index in [0.717, 1.165) is 54.1 Å². The second-order valence-electron chi connectivity index (χ2n) is 7.09. The highest BCUT2D eigenvalue weighted by Gasteiger charge is 2.28. The van der Waals surface area contributed by atoms with Crippen molar-refractivity contribution in [1.29, 1.82) is 0 Å². The van der Waals surface area contributed by atoms with Gasteiger partial charge in [0, 0.05) is 24.1 Å². The first-order valence-corrected chi connectivity index (χ1v) is 9.47. The van der Waals surface area contributed by atoms with E-state index < -0.39 is 0 Å². The Kier molecular flexibility index (Phi) is 4.15. The maximum absolute atomic E-state index is 14.5. The fourth-order valence-electron chi connectivity index (χ4n) is 4.11. The molecule has 2 heterocycles. The van der Waals surface area contributed by atoms with E-state index in [9.17, 15) is 4.39 Å². The lowest BCUT2D eigenvalue weighted by Crippen LogP contribution is -2.04. The number of aromatic nitrogens is 1. The van der Waals surface area contributed by atoms with Crippen LogP contribution in [0.25, 0.3) is 11.1 Å². The Morgan fingerprint density at radius 1 is 1.11 bits per heavy atom. The van der Waals surface area contributed by atoms with Gasteiger partial charge in [0.1, 0.15) is 23.4 Å².